The monoisotopic (exact) mass is 321 g/mol. The van der Waals surface area contributed by atoms with E-state index in [0.717, 1.165) is 42.4 Å². The van der Waals surface area contributed by atoms with Gasteiger partial charge in [0, 0.05) is 11.5 Å². The van der Waals surface area contributed by atoms with Gasteiger partial charge in [-0.1, -0.05) is 6.07 Å². The van der Waals surface area contributed by atoms with Gasteiger partial charge in [0.15, 0.2) is 0 Å². The van der Waals surface area contributed by atoms with E-state index in [-0.39, 0.29) is 11.5 Å². The molecular formula is C19H19N3O2. The van der Waals surface area contributed by atoms with E-state index in [1.807, 2.05) is 24.3 Å². The van der Waals surface area contributed by atoms with E-state index in [4.69, 9.17) is 0 Å². The summed E-state index contributed by atoms with van der Waals surface area (Å²) < 4.78 is 0. The molecule has 0 aliphatic carbocycles. The molecule has 0 amide bonds. The van der Waals surface area contributed by atoms with Gasteiger partial charge in [0.2, 0.25) is 0 Å². The zero-order chi connectivity index (χ0) is 16.5. The molecule has 0 bridgehead atoms. The normalized spacial score (nSPS) is 15.7. The van der Waals surface area contributed by atoms with Gasteiger partial charge in [-0.05, 0) is 73.1 Å². The van der Waals surface area contributed by atoms with Crippen molar-refractivity contribution in [1.82, 2.24) is 15.5 Å². The zero-order valence-electron chi connectivity index (χ0n) is 13.2. The van der Waals surface area contributed by atoms with Crippen LogP contribution in [0.5, 0.6) is 11.5 Å². The Hall–Kier alpha value is -2.66. The average Bonchev–Trinajstić information content (AvgIpc) is 2.62. The molecule has 122 valence electrons. The molecule has 1 aromatic heterocycles. The second-order valence-corrected chi connectivity index (χ2v) is 6.27. The third-order valence-corrected chi connectivity index (χ3v) is 4.66. The highest BCUT2D eigenvalue weighted by Crippen LogP contribution is 2.34. The van der Waals surface area contributed by atoms with Crippen LogP contribution in [0.1, 0.15) is 24.5 Å². The summed E-state index contributed by atoms with van der Waals surface area (Å²) in [6.07, 6.45) is 2.16. The number of benzene rings is 2. The Morgan fingerprint density at radius 2 is 1.71 bits per heavy atom. The summed E-state index contributed by atoms with van der Waals surface area (Å²) in [7, 11) is 0. The van der Waals surface area contributed by atoms with Gasteiger partial charge in [0.1, 0.15) is 11.5 Å². The number of aromatic hydroxyl groups is 2. The first-order valence-electron chi connectivity index (χ1n) is 8.21. The summed E-state index contributed by atoms with van der Waals surface area (Å²) in [4.78, 5) is 0. The second-order valence-electron chi connectivity index (χ2n) is 6.27. The molecule has 0 saturated carbocycles. The topological polar surface area (TPSA) is 78.3 Å². The number of rotatable bonds is 2. The van der Waals surface area contributed by atoms with Gasteiger partial charge in [-0.2, -0.15) is 10.2 Å². The maximum absolute atomic E-state index is 10.3. The van der Waals surface area contributed by atoms with E-state index in [9.17, 15) is 10.2 Å². The van der Waals surface area contributed by atoms with Crippen LogP contribution in [0.25, 0.3) is 22.0 Å². The van der Waals surface area contributed by atoms with E-state index in [2.05, 4.69) is 15.5 Å². The van der Waals surface area contributed by atoms with Gasteiger partial charge in [0.05, 0.1) is 11.4 Å². The smallest absolute Gasteiger partial charge is 0.125 e. The van der Waals surface area contributed by atoms with Crippen molar-refractivity contribution in [1.29, 1.82) is 0 Å². The molecule has 0 spiro atoms. The minimum atomic E-state index is 0.136. The van der Waals surface area contributed by atoms with Crippen LogP contribution in [0.2, 0.25) is 0 Å². The summed E-state index contributed by atoms with van der Waals surface area (Å²) in [6.45, 7) is 2.04. The van der Waals surface area contributed by atoms with Gasteiger partial charge in [-0.25, -0.2) is 0 Å². The number of phenolic OH excluding ortho intramolecular Hbond substituents is 2. The van der Waals surface area contributed by atoms with E-state index in [0.29, 0.717) is 17.2 Å². The molecule has 3 N–H and O–H groups in total. The molecule has 5 heteroatoms. The lowest BCUT2D eigenvalue weighted by atomic mass is 9.94. The predicted octanol–water partition coefficient (Wildman–Crippen LogP) is 3.18. The van der Waals surface area contributed by atoms with Crippen LogP contribution >= 0.6 is 0 Å². The highest BCUT2D eigenvalue weighted by atomic mass is 16.3. The van der Waals surface area contributed by atoms with Gasteiger partial charge in [-0.3, -0.25) is 0 Å². The van der Waals surface area contributed by atoms with Crippen molar-refractivity contribution in [2.24, 2.45) is 0 Å². The first kappa shape index (κ1) is 14.9. The van der Waals surface area contributed by atoms with Crippen molar-refractivity contribution >= 4 is 10.8 Å². The number of hydrogen-bond acceptors (Lipinski definition) is 5. The largest absolute Gasteiger partial charge is 0.508 e. The predicted molar refractivity (Wildman–Crippen MR) is 93.1 cm³/mol. The van der Waals surface area contributed by atoms with Crippen LogP contribution in [0.15, 0.2) is 42.5 Å². The molecule has 5 nitrogen and oxygen atoms in total. The second kappa shape index (κ2) is 6.09. The molecule has 24 heavy (non-hydrogen) atoms. The first-order valence-corrected chi connectivity index (χ1v) is 8.21. The Morgan fingerprint density at radius 1 is 0.875 bits per heavy atom. The number of fused-ring (bicyclic) bond motifs is 1. The van der Waals surface area contributed by atoms with Crippen LogP contribution in [-0.4, -0.2) is 33.5 Å². The van der Waals surface area contributed by atoms with Gasteiger partial charge in [0.25, 0.3) is 0 Å². The Bertz CT molecular complexity index is 872. The van der Waals surface area contributed by atoms with E-state index < -0.39 is 0 Å². The van der Waals surface area contributed by atoms with E-state index in [1.165, 1.54) is 0 Å². The van der Waals surface area contributed by atoms with Crippen LogP contribution in [0.3, 0.4) is 0 Å². The number of piperidine rings is 1. The van der Waals surface area contributed by atoms with Gasteiger partial charge in [-0.15, -0.1) is 0 Å². The standard InChI is InChI=1S/C19H19N3O2/c23-15-2-1-13-10-16(19(24)11-14(13)9-15)18-4-3-17(21-22-18)12-5-7-20-8-6-12/h1-4,9-12,20,23-24H,5-8H2. The Morgan fingerprint density at radius 3 is 2.46 bits per heavy atom. The highest BCUT2D eigenvalue weighted by molar-refractivity contribution is 5.90. The van der Waals surface area contributed by atoms with Crippen LogP contribution in [0, 0.1) is 0 Å². The van der Waals surface area contributed by atoms with Crippen LogP contribution in [0.4, 0.5) is 0 Å². The van der Waals surface area contributed by atoms with E-state index >= 15 is 0 Å². The molecule has 1 aliphatic heterocycles. The summed E-state index contributed by atoms with van der Waals surface area (Å²) in [5, 5.41) is 33.7. The lowest BCUT2D eigenvalue weighted by molar-refractivity contribution is 0.450. The zero-order valence-corrected chi connectivity index (χ0v) is 13.2. The number of hydrogen-bond donors (Lipinski definition) is 3. The first-order chi connectivity index (χ1) is 11.7. The summed E-state index contributed by atoms with van der Waals surface area (Å²) in [5.74, 6) is 0.777. The number of nitrogens with zero attached hydrogens (tertiary/aromatic N) is 2. The molecule has 0 radical (unpaired) electrons. The molecule has 0 atom stereocenters. The maximum Gasteiger partial charge on any atom is 0.125 e. The summed E-state index contributed by atoms with van der Waals surface area (Å²) in [6, 6.07) is 12.5. The number of nitrogens with one attached hydrogen (secondary N) is 1. The summed E-state index contributed by atoms with van der Waals surface area (Å²) >= 11 is 0. The van der Waals surface area contributed by atoms with Crippen LogP contribution in [-0.2, 0) is 0 Å². The fourth-order valence-electron chi connectivity index (χ4n) is 3.30. The van der Waals surface area contributed by atoms with Crippen molar-refractivity contribution in [2.75, 3.05) is 13.1 Å². The molecular weight excluding hydrogens is 302 g/mol. The van der Waals surface area contributed by atoms with Crippen molar-refractivity contribution in [3.05, 3.63) is 48.2 Å². The molecule has 3 aromatic rings. The lowest BCUT2D eigenvalue weighted by Gasteiger charge is -2.21. The maximum atomic E-state index is 10.3. The van der Waals surface area contributed by atoms with Gasteiger partial charge < -0.3 is 15.5 Å². The molecule has 0 unspecified atom stereocenters. The van der Waals surface area contributed by atoms with Crippen molar-refractivity contribution in [3.63, 3.8) is 0 Å². The quantitative estimate of drug-likeness (QED) is 0.676. The van der Waals surface area contributed by atoms with Crippen molar-refractivity contribution in [3.8, 4) is 22.8 Å². The van der Waals surface area contributed by atoms with Crippen LogP contribution < -0.4 is 5.32 Å². The van der Waals surface area contributed by atoms with Crippen molar-refractivity contribution in [2.45, 2.75) is 18.8 Å². The van der Waals surface area contributed by atoms with Crippen molar-refractivity contribution < 1.29 is 10.2 Å². The third-order valence-electron chi connectivity index (χ3n) is 4.66. The Labute approximate surface area is 140 Å². The molecule has 2 aromatic carbocycles. The van der Waals surface area contributed by atoms with Gasteiger partial charge >= 0.3 is 0 Å². The highest BCUT2D eigenvalue weighted by Gasteiger charge is 2.17. The molecule has 4 rings (SSSR count). The minimum Gasteiger partial charge on any atom is -0.508 e. The SMILES string of the molecule is Oc1ccc2cc(-c3ccc(C4CCNCC4)nn3)c(O)cc2c1. The fourth-order valence-corrected chi connectivity index (χ4v) is 3.30. The summed E-state index contributed by atoms with van der Waals surface area (Å²) in [5.41, 5.74) is 2.32. The number of aromatic nitrogens is 2. The molecule has 1 saturated heterocycles. The Kier molecular flexibility index (Phi) is 3.78. The van der Waals surface area contributed by atoms with E-state index in [1.54, 1.807) is 18.2 Å². The lowest BCUT2D eigenvalue weighted by Crippen LogP contribution is -2.27. The molecule has 1 fully saturated rings. The average molecular weight is 321 g/mol. The molecule has 2 heterocycles. The fraction of sp³-hybridized carbons (Fsp3) is 0.263. The Balaban J connectivity index is 1.69. The minimum absolute atomic E-state index is 0.136. The molecule has 1 aliphatic rings. The third kappa shape index (κ3) is 2.78. The number of phenols is 2.